The third kappa shape index (κ3) is 4.18. The molecule has 0 saturated heterocycles. The second-order valence-corrected chi connectivity index (χ2v) is 8.02. The quantitative estimate of drug-likeness (QED) is 0.674. The summed E-state index contributed by atoms with van der Waals surface area (Å²) in [6.45, 7) is 5.00. The van der Waals surface area contributed by atoms with E-state index in [1.807, 2.05) is 0 Å². The SMILES string of the molecule is CNC(=O)C(C)(C)CNS(=O)(=O)c1cc(N)c(Br)cc1C. The number of halogens is 1. The van der Waals surface area contributed by atoms with Gasteiger partial charge in [0.25, 0.3) is 0 Å². The molecule has 1 aromatic carbocycles. The first-order valence-electron chi connectivity index (χ1n) is 6.29. The van der Waals surface area contributed by atoms with Crippen molar-refractivity contribution < 1.29 is 13.2 Å². The van der Waals surface area contributed by atoms with Crippen molar-refractivity contribution in [1.82, 2.24) is 10.0 Å². The zero-order valence-corrected chi connectivity index (χ0v) is 14.9. The van der Waals surface area contributed by atoms with Crippen LogP contribution < -0.4 is 15.8 Å². The summed E-state index contributed by atoms with van der Waals surface area (Å²) in [5.74, 6) is -0.239. The molecule has 1 amide bonds. The summed E-state index contributed by atoms with van der Waals surface area (Å²) in [6.07, 6.45) is 0. The van der Waals surface area contributed by atoms with E-state index in [1.54, 1.807) is 26.8 Å². The van der Waals surface area contributed by atoms with E-state index in [2.05, 4.69) is 26.0 Å². The molecule has 0 aliphatic carbocycles. The number of carbonyl (C=O) groups excluding carboxylic acids is 1. The monoisotopic (exact) mass is 377 g/mol. The lowest BCUT2D eigenvalue weighted by Crippen LogP contribution is -2.43. The summed E-state index contributed by atoms with van der Waals surface area (Å²) < 4.78 is 27.8. The minimum atomic E-state index is -3.74. The van der Waals surface area contributed by atoms with Gasteiger partial charge in [-0.2, -0.15) is 0 Å². The molecule has 1 aromatic rings. The normalized spacial score (nSPS) is 12.2. The number of hydrogen-bond acceptors (Lipinski definition) is 4. The van der Waals surface area contributed by atoms with Gasteiger partial charge in [0, 0.05) is 23.8 Å². The lowest BCUT2D eigenvalue weighted by atomic mass is 9.93. The molecular weight excluding hydrogens is 358 g/mol. The van der Waals surface area contributed by atoms with E-state index < -0.39 is 15.4 Å². The van der Waals surface area contributed by atoms with Gasteiger partial charge in [-0.15, -0.1) is 0 Å². The Kier molecular flexibility index (Phi) is 5.40. The van der Waals surface area contributed by atoms with Crippen molar-refractivity contribution >= 4 is 37.5 Å². The van der Waals surface area contributed by atoms with Gasteiger partial charge in [0.15, 0.2) is 0 Å². The van der Waals surface area contributed by atoms with Crippen molar-refractivity contribution in [2.24, 2.45) is 5.41 Å². The number of nitrogens with one attached hydrogen (secondary N) is 2. The predicted molar refractivity (Wildman–Crippen MR) is 86.3 cm³/mol. The third-order valence-electron chi connectivity index (χ3n) is 3.13. The van der Waals surface area contributed by atoms with Gasteiger partial charge in [-0.25, -0.2) is 13.1 Å². The molecule has 0 bridgehead atoms. The summed E-state index contributed by atoms with van der Waals surface area (Å²) in [6, 6.07) is 3.04. The maximum Gasteiger partial charge on any atom is 0.240 e. The molecule has 0 spiro atoms. The topological polar surface area (TPSA) is 101 Å². The van der Waals surface area contributed by atoms with Gasteiger partial charge in [0.2, 0.25) is 15.9 Å². The first-order chi connectivity index (χ1) is 9.51. The number of rotatable bonds is 5. The summed E-state index contributed by atoms with van der Waals surface area (Å²) in [5.41, 5.74) is 5.79. The predicted octanol–water partition coefficient (Wildman–Crippen LogP) is 1.39. The molecule has 1 rings (SSSR count). The molecule has 0 heterocycles. The number of carbonyl (C=O) groups is 1. The zero-order chi connectivity index (χ0) is 16.4. The molecular formula is C13H20BrN3O3S. The lowest BCUT2D eigenvalue weighted by molar-refractivity contribution is -0.128. The number of hydrogen-bond donors (Lipinski definition) is 3. The zero-order valence-electron chi connectivity index (χ0n) is 12.5. The number of sulfonamides is 1. The number of aryl methyl sites for hydroxylation is 1. The molecule has 0 aliphatic heterocycles. The molecule has 0 atom stereocenters. The third-order valence-corrected chi connectivity index (χ3v) is 5.36. The van der Waals surface area contributed by atoms with Gasteiger partial charge in [-0.05, 0) is 54.4 Å². The summed E-state index contributed by atoms with van der Waals surface area (Å²) >= 11 is 3.25. The van der Waals surface area contributed by atoms with Crippen LogP contribution in [-0.4, -0.2) is 27.9 Å². The van der Waals surface area contributed by atoms with E-state index >= 15 is 0 Å². The second kappa shape index (κ2) is 6.33. The van der Waals surface area contributed by atoms with Crippen LogP contribution in [0.2, 0.25) is 0 Å². The van der Waals surface area contributed by atoms with Gasteiger partial charge < -0.3 is 11.1 Å². The Balaban J connectivity index is 3.03. The van der Waals surface area contributed by atoms with E-state index in [9.17, 15) is 13.2 Å². The minimum Gasteiger partial charge on any atom is -0.398 e. The van der Waals surface area contributed by atoms with Crippen molar-refractivity contribution in [3.63, 3.8) is 0 Å². The standard InChI is InChI=1S/C13H20BrN3O3S/c1-8-5-9(14)10(15)6-11(8)21(19,20)17-7-13(2,3)12(18)16-4/h5-6,17H,7,15H2,1-4H3,(H,16,18). The van der Waals surface area contributed by atoms with Crippen LogP contribution in [0.1, 0.15) is 19.4 Å². The van der Waals surface area contributed by atoms with Crippen molar-refractivity contribution in [1.29, 1.82) is 0 Å². The molecule has 4 N–H and O–H groups in total. The number of nitrogen functional groups attached to an aromatic ring is 1. The lowest BCUT2D eigenvalue weighted by Gasteiger charge is -2.23. The Morgan fingerprint density at radius 2 is 1.95 bits per heavy atom. The van der Waals surface area contributed by atoms with E-state index in [1.165, 1.54) is 13.1 Å². The van der Waals surface area contributed by atoms with Crippen LogP contribution in [-0.2, 0) is 14.8 Å². The Morgan fingerprint density at radius 3 is 2.48 bits per heavy atom. The average Bonchev–Trinajstić information content (AvgIpc) is 2.39. The molecule has 0 saturated carbocycles. The highest BCUT2D eigenvalue weighted by Crippen LogP contribution is 2.27. The first kappa shape index (κ1) is 17.9. The highest BCUT2D eigenvalue weighted by Gasteiger charge is 2.29. The van der Waals surface area contributed by atoms with Gasteiger partial charge in [0.1, 0.15) is 0 Å². The molecule has 8 heteroatoms. The van der Waals surface area contributed by atoms with Crippen LogP contribution in [0.15, 0.2) is 21.5 Å². The molecule has 0 aliphatic rings. The van der Waals surface area contributed by atoms with E-state index in [0.717, 1.165) is 0 Å². The van der Waals surface area contributed by atoms with Crippen molar-refractivity contribution in [2.75, 3.05) is 19.3 Å². The van der Waals surface area contributed by atoms with Gasteiger partial charge in [-0.3, -0.25) is 4.79 Å². The highest BCUT2D eigenvalue weighted by molar-refractivity contribution is 9.10. The first-order valence-corrected chi connectivity index (χ1v) is 8.56. The van der Waals surface area contributed by atoms with Crippen molar-refractivity contribution in [2.45, 2.75) is 25.7 Å². The van der Waals surface area contributed by atoms with E-state index in [-0.39, 0.29) is 17.3 Å². The van der Waals surface area contributed by atoms with Crippen LogP contribution >= 0.6 is 15.9 Å². The molecule has 21 heavy (non-hydrogen) atoms. The Hall–Kier alpha value is -1.12. The summed E-state index contributed by atoms with van der Waals surface area (Å²) in [4.78, 5) is 11.8. The Labute approximate surface area is 133 Å². The molecule has 0 fully saturated rings. The molecule has 0 aromatic heterocycles. The molecule has 118 valence electrons. The van der Waals surface area contributed by atoms with E-state index in [0.29, 0.717) is 15.7 Å². The molecule has 0 unspecified atom stereocenters. The van der Waals surface area contributed by atoms with Crippen LogP contribution in [0, 0.1) is 12.3 Å². The fourth-order valence-electron chi connectivity index (χ4n) is 1.73. The van der Waals surface area contributed by atoms with Crippen molar-refractivity contribution in [3.8, 4) is 0 Å². The maximum atomic E-state index is 12.4. The number of benzene rings is 1. The second-order valence-electron chi connectivity index (χ2n) is 5.43. The van der Waals surface area contributed by atoms with Crippen LogP contribution in [0.4, 0.5) is 5.69 Å². The summed E-state index contributed by atoms with van der Waals surface area (Å²) in [5, 5.41) is 2.51. The maximum absolute atomic E-state index is 12.4. The fourth-order valence-corrected chi connectivity index (χ4v) is 3.66. The number of nitrogens with two attached hydrogens (primary N) is 1. The van der Waals surface area contributed by atoms with Crippen LogP contribution in [0.3, 0.4) is 0 Å². The Bertz CT molecular complexity index is 657. The molecule has 6 nitrogen and oxygen atoms in total. The Morgan fingerprint density at radius 1 is 1.38 bits per heavy atom. The smallest absolute Gasteiger partial charge is 0.240 e. The largest absolute Gasteiger partial charge is 0.398 e. The fraction of sp³-hybridized carbons (Fsp3) is 0.462. The average molecular weight is 378 g/mol. The molecule has 0 radical (unpaired) electrons. The van der Waals surface area contributed by atoms with Crippen LogP contribution in [0.5, 0.6) is 0 Å². The van der Waals surface area contributed by atoms with Gasteiger partial charge in [-0.1, -0.05) is 0 Å². The van der Waals surface area contributed by atoms with E-state index in [4.69, 9.17) is 5.73 Å². The van der Waals surface area contributed by atoms with Crippen molar-refractivity contribution in [3.05, 3.63) is 22.2 Å². The number of amides is 1. The van der Waals surface area contributed by atoms with Gasteiger partial charge >= 0.3 is 0 Å². The highest BCUT2D eigenvalue weighted by atomic mass is 79.9. The van der Waals surface area contributed by atoms with Gasteiger partial charge in [0.05, 0.1) is 10.3 Å². The van der Waals surface area contributed by atoms with Crippen LogP contribution in [0.25, 0.3) is 0 Å². The number of anilines is 1. The minimum absolute atomic E-state index is 0.00951. The summed E-state index contributed by atoms with van der Waals surface area (Å²) in [7, 11) is -2.22.